The molecule has 8 heteroatoms. The van der Waals surface area contributed by atoms with E-state index in [0.29, 0.717) is 39.6 Å². The molecule has 0 fully saturated rings. The molecule has 0 unspecified atom stereocenters. The first-order chi connectivity index (χ1) is 13.1. The van der Waals surface area contributed by atoms with E-state index in [1.807, 2.05) is 12.1 Å². The molecule has 1 aromatic carbocycles. The maximum Gasteiger partial charge on any atom is 0.227 e. The van der Waals surface area contributed by atoms with Crippen LogP contribution in [0.2, 0.25) is 10.0 Å². The normalized spacial score (nSPS) is 18.9. The molecule has 2 aromatic heterocycles. The fraction of sp³-hybridized carbons (Fsp3) is 0.211. The van der Waals surface area contributed by atoms with Crippen LogP contribution >= 0.6 is 23.2 Å². The van der Waals surface area contributed by atoms with Crippen molar-refractivity contribution in [2.75, 3.05) is 5.32 Å². The summed E-state index contributed by atoms with van der Waals surface area (Å²) in [6, 6.07) is 8.51. The van der Waals surface area contributed by atoms with E-state index in [1.165, 1.54) is 0 Å². The van der Waals surface area contributed by atoms with Gasteiger partial charge in [0.05, 0.1) is 16.3 Å². The number of halogens is 2. The highest BCUT2D eigenvalue weighted by Gasteiger charge is 2.38. The molecule has 3 aromatic rings. The van der Waals surface area contributed by atoms with Crippen LogP contribution in [0.15, 0.2) is 52.3 Å². The van der Waals surface area contributed by atoms with E-state index in [9.17, 15) is 4.79 Å². The lowest BCUT2D eigenvalue weighted by atomic mass is 9.85. The first-order valence-corrected chi connectivity index (χ1v) is 9.36. The third-order valence-electron chi connectivity index (χ3n) is 4.89. The number of benzene rings is 1. The minimum Gasteiger partial charge on any atom is -0.461 e. The van der Waals surface area contributed by atoms with Crippen molar-refractivity contribution in [2.45, 2.75) is 25.3 Å². The molecule has 3 heterocycles. The molecule has 0 bridgehead atoms. The van der Waals surface area contributed by atoms with Crippen molar-refractivity contribution in [1.29, 1.82) is 0 Å². The van der Waals surface area contributed by atoms with Crippen LogP contribution in [0.25, 0.3) is 11.6 Å². The van der Waals surface area contributed by atoms with Gasteiger partial charge in [0.1, 0.15) is 6.04 Å². The minimum absolute atomic E-state index is 0.0884. The summed E-state index contributed by atoms with van der Waals surface area (Å²) in [5.41, 5.74) is 2.28. The standard InChI is InChI=1S/C19H14Cl2N4O2/c20-11-5-1-4-10(16(11)21)17-15-12(6-2-7-13(15)26)22-19-23-18(24-25(17)19)14-8-3-9-27-14/h1,3-5,8-9,17H,2,6-7H2,(H,22,23,24)/t17-/m0/s1. The average Bonchev–Trinajstić information content (AvgIpc) is 3.32. The first kappa shape index (κ1) is 16.6. The zero-order valence-corrected chi connectivity index (χ0v) is 15.6. The minimum atomic E-state index is -0.480. The lowest BCUT2D eigenvalue weighted by Gasteiger charge is -2.32. The van der Waals surface area contributed by atoms with Gasteiger partial charge in [0, 0.05) is 23.3 Å². The average molecular weight is 401 g/mol. The van der Waals surface area contributed by atoms with Gasteiger partial charge in [-0.25, -0.2) is 4.68 Å². The van der Waals surface area contributed by atoms with Crippen molar-refractivity contribution in [3.63, 3.8) is 0 Å². The summed E-state index contributed by atoms with van der Waals surface area (Å²) < 4.78 is 7.12. The van der Waals surface area contributed by atoms with Crippen molar-refractivity contribution in [3.8, 4) is 11.6 Å². The lowest BCUT2D eigenvalue weighted by Crippen LogP contribution is -2.31. The predicted molar refractivity (Wildman–Crippen MR) is 102 cm³/mol. The Kier molecular flexibility index (Phi) is 3.84. The molecule has 1 atom stereocenters. The highest BCUT2D eigenvalue weighted by molar-refractivity contribution is 6.42. The van der Waals surface area contributed by atoms with Gasteiger partial charge in [0.25, 0.3) is 0 Å². The number of Topliss-reactive ketones (excluding diaryl/α,β-unsaturated/α-hetero) is 1. The summed E-state index contributed by atoms with van der Waals surface area (Å²) in [6.07, 6.45) is 3.66. The van der Waals surface area contributed by atoms with Crippen molar-refractivity contribution >= 4 is 34.9 Å². The molecule has 0 radical (unpaired) electrons. The third-order valence-corrected chi connectivity index (χ3v) is 5.72. The second-order valence-corrected chi connectivity index (χ2v) is 7.31. The van der Waals surface area contributed by atoms with Gasteiger partial charge in [-0.3, -0.25) is 4.79 Å². The number of fused-ring (bicyclic) bond motifs is 1. The fourth-order valence-electron chi connectivity index (χ4n) is 3.69. The maximum absolute atomic E-state index is 12.8. The Balaban J connectivity index is 1.74. The van der Waals surface area contributed by atoms with E-state index in [2.05, 4.69) is 15.4 Å². The summed E-state index contributed by atoms with van der Waals surface area (Å²) in [5, 5.41) is 8.73. The fourth-order valence-corrected chi connectivity index (χ4v) is 4.10. The summed E-state index contributed by atoms with van der Waals surface area (Å²) in [4.78, 5) is 17.4. The molecular formula is C19H14Cl2N4O2. The molecular weight excluding hydrogens is 387 g/mol. The topological polar surface area (TPSA) is 73.0 Å². The molecule has 6 nitrogen and oxygen atoms in total. The van der Waals surface area contributed by atoms with Gasteiger partial charge in [-0.05, 0) is 31.0 Å². The largest absolute Gasteiger partial charge is 0.461 e. The quantitative estimate of drug-likeness (QED) is 0.664. The third kappa shape index (κ3) is 2.59. The summed E-state index contributed by atoms with van der Waals surface area (Å²) in [6.45, 7) is 0. The molecule has 0 saturated heterocycles. The smallest absolute Gasteiger partial charge is 0.227 e. The Hall–Kier alpha value is -2.57. The van der Waals surface area contributed by atoms with Crippen LogP contribution in [0, 0.1) is 0 Å². The van der Waals surface area contributed by atoms with Crippen molar-refractivity contribution in [1.82, 2.24) is 14.8 Å². The van der Waals surface area contributed by atoms with E-state index in [1.54, 1.807) is 29.1 Å². The molecule has 0 spiro atoms. The van der Waals surface area contributed by atoms with Gasteiger partial charge in [0.15, 0.2) is 11.5 Å². The number of hydrogen-bond acceptors (Lipinski definition) is 5. The van der Waals surface area contributed by atoms with Crippen LogP contribution in [0.4, 0.5) is 5.95 Å². The maximum atomic E-state index is 12.8. The number of nitrogens with one attached hydrogen (secondary N) is 1. The van der Waals surface area contributed by atoms with E-state index in [0.717, 1.165) is 24.1 Å². The van der Waals surface area contributed by atoms with Gasteiger partial charge >= 0.3 is 0 Å². The van der Waals surface area contributed by atoms with Crippen molar-refractivity contribution < 1.29 is 9.21 Å². The number of aromatic nitrogens is 3. The molecule has 136 valence electrons. The van der Waals surface area contributed by atoms with E-state index in [4.69, 9.17) is 27.6 Å². The van der Waals surface area contributed by atoms with Gasteiger partial charge < -0.3 is 9.73 Å². The Morgan fingerprint density at radius 2 is 2.07 bits per heavy atom. The highest BCUT2D eigenvalue weighted by Crippen LogP contribution is 2.43. The Morgan fingerprint density at radius 1 is 1.19 bits per heavy atom. The van der Waals surface area contributed by atoms with E-state index >= 15 is 0 Å². The molecule has 0 saturated carbocycles. The molecule has 0 amide bonds. The van der Waals surface area contributed by atoms with Crippen LogP contribution in [-0.2, 0) is 4.79 Å². The number of carbonyl (C=O) groups excluding carboxylic acids is 1. The lowest BCUT2D eigenvalue weighted by molar-refractivity contribution is -0.116. The van der Waals surface area contributed by atoms with Crippen LogP contribution < -0.4 is 5.32 Å². The molecule has 1 aliphatic heterocycles. The number of carbonyl (C=O) groups is 1. The second-order valence-electron chi connectivity index (χ2n) is 6.52. The zero-order valence-electron chi connectivity index (χ0n) is 14.1. The zero-order chi connectivity index (χ0) is 18.5. The Bertz CT molecular complexity index is 1090. The summed E-state index contributed by atoms with van der Waals surface area (Å²) in [5.74, 6) is 1.64. The molecule has 1 aliphatic carbocycles. The van der Waals surface area contributed by atoms with Crippen LogP contribution in [0.3, 0.4) is 0 Å². The Morgan fingerprint density at radius 3 is 2.89 bits per heavy atom. The van der Waals surface area contributed by atoms with Crippen LogP contribution in [-0.4, -0.2) is 20.5 Å². The van der Waals surface area contributed by atoms with Gasteiger partial charge in [-0.1, -0.05) is 35.3 Å². The van der Waals surface area contributed by atoms with Crippen LogP contribution in [0.1, 0.15) is 30.9 Å². The van der Waals surface area contributed by atoms with Crippen molar-refractivity contribution in [3.05, 3.63) is 63.5 Å². The predicted octanol–water partition coefficient (Wildman–Crippen LogP) is 4.87. The van der Waals surface area contributed by atoms with Gasteiger partial charge in [-0.2, -0.15) is 4.98 Å². The number of hydrogen-bond donors (Lipinski definition) is 1. The first-order valence-electron chi connectivity index (χ1n) is 8.61. The number of ketones is 1. The SMILES string of the molecule is O=C1CCCC2=C1[C@H](c1cccc(Cl)c1Cl)n1nc(-c3ccco3)nc1N2. The van der Waals surface area contributed by atoms with E-state index in [-0.39, 0.29) is 5.78 Å². The number of anilines is 1. The number of furan rings is 1. The summed E-state index contributed by atoms with van der Waals surface area (Å²) >= 11 is 12.8. The monoisotopic (exact) mass is 400 g/mol. The number of allylic oxidation sites excluding steroid dienone is 2. The highest BCUT2D eigenvalue weighted by atomic mass is 35.5. The number of rotatable bonds is 2. The van der Waals surface area contributed by atoms with Gasteiger partial charge in [-0.15, -0.1) is 5.10 Å². The molecule has 5 rings (SSSR count). The summed E-state index contributed by atoms with van der Waals surface area (Å²) in [7, 11) is 0. The molecule has 27 heavy (non-hydrogen) atoms. The van der Waals surface area contributed by atoms with Crippen molar-refractivity contribution in [2.24, 2.45) is 0 Å². The number of nitrogens with zero attached hydrogens (tertiary/aromatic N) is 3. The van der Waals surface area contributed by atoms with Gasteiger partial charge in [0.2, 0.25) is 11.8 Å². The van der Waals surface area contributed by atoms with Crippen LogP contribution in [0.5, 0.6) is 0 Å². The molecule has 1 N–H and O–H groups in total. The second kappa shape index (κ2) is 6.25. The Labute approximate surface area is 164 Å². The molecule has 2 aliphatic rings. The van der Waals surface area contributed by atoms with E-state index < -0.39 is 6.04 Å².